The Balaban J connectivity index is 1.52. The van der Waals surface area contributed by atoms with Crippen LogP contribution in [0, 0.1) is 0 Å². The van der Waals surface area contributed by atoms with Crippen molar-refractivity contribution in [3.8, 4) is 5.75 Å². The second kappa shape index (κ2) is 8.83. The Kier molecular flexibility index (Phi) is 6.50. The Labute approximate surface area is 159 Å². The average molecular weight is 396 g/mol. The number of ether oxygens (including phenoxy) is 1. The van der Waals surface area contributed by atoms with Crippen molar-refractivity contribution in [3.63, 3.8) is 0 Å². The Hall–Kier alpha value is -1.64. The number of piperidine rings is 1. The normalized spacial score (nSPS) is 15.2. The lowest BCUT2D eigenvalue weighted by Crippen LogP contribution is -2.29. The van der Waals surface area contributed by atoms with Crippen LogP contribution >= 0.6 is 11.3 Å². The molecule has 1 fully saturated rings. The summed E-state index contributed by atoms with van der Waals surface area (Å²) in [4.78, 5) is 7.22. The summed E-state index contributed by atoms with van der Waals surface area (Å²) in [6.07, 6.45) is 4.32. The monoisotopic (exact) mass is 395 g/mol. The highest BCUT2D eigenvalue weighted by molar-refractivity contribution is 7.89. The zero-order chi connectivity index (χ0) is 18.4. The van der Waals surface area contributed by atoms with Gasteiger partial charge in [-0.3, -0.25) is 0 Å². The Bertz CT molecular complexity index is 797. The number of sulfonamides is 1. The number of hydrogen-bond acceptors (Lipinski definition) is 6. The molecular formula is C18H25N3O3S2. The minimum Gasteiger partial charge on any atom is -0.494 e. The molecule has 1 aromatic heterocycles. The lowest BCUT2D eigenvalue weighted by molar-refractivity contribution is 0.340. The number of hydrogen-bond donors (Lipinski definition) is 1. The molecule has 1 N–H and O–H groups in total. The van der Waals surface area contributed by atoms with E-state index >= 15 is 0 Å². The first-order chi connectivity index (χ1) is 12.6. The molecule has 1 saturated heterocycles. The summed E-state index contributed by atoms with van der Waals surface area (Å²) < 4.78 is 32.7. The fourth-order valence-electron chi connectivity index (χ4n) is 2.92. The van der Waals surface area contributed by atoms with Crippen LogP contribution in [0.3, 0.4) is 0 Å². The van der Waals surface area contributed by atoms with Gasteiger partial charge in [0.1, 0.15) is 5.75 Å². The van der Waals surface area contributed by atoms with E-state index in [-0.39, 0.29) is 4.90 Å². The topological polar surface area (TPSA) is 71.5 Å². The molecular weight excluding hydrogens is 370 g/mol. The van der Waals surface area contributed by atoms with E-state index in [0.29, 0.717) is 25.3 Å². The molecule has 1 aliphatic heterocycles. The predicted octanol–water partition coefficient (Wildman–Crippen LogP) is 3.05. The van der Waals surface area contributed by atoms with Gasteiger partial charge in [0.25, 0.3) is 0 Å². The largest absolute Gasteiger partial charge is 0.494 e. The summed E-state index contributed by atoms with van der Waals surface area (Å²) >= 11 is 1.64. The maximum absolute atomic E-state index is 12.4. The third-order valence-electron chi connectivity index (χ3n) is 4.28. The molecule has 0 atom stereocenters. The van der Waals surface area contributed by atoms with Gasteiger partial charge in [0.05, 0.1) is 17.2 Å². The fraction of sp³-hybridized carbons (Fsp3) is 0.500. The van der Waals surface area contributed by atoms with Gasteiger partial charge >= 0.3 is 0 Å². The van der Waals surface area contributed by atoms with Crippen LogP contribution < -0.4 is 14.4 Å². The summed E-state index contributed by atoms with van der Waals surface area (Å²) in [6, 6.07) is 6.46. The van der Waals surface area contributed by atoms with Crippen LogP contribution in [-0.4, -0.2) is 39.6 Å². The zero-order valence-corrected chi connectivity index (χ0v) is 16.6. The van der Waals surface area contributed by atoms with E-state index in [4.69, 9.17) is 4.74 Å². The quantitative estimate of drug-likeness (QED) is 0.744. The summed E-state index contributed by atoms with van der Waals surface area (Å²) in [5, 5.41) is 3.07. The van der Waals surface area contributed by atoms with Crippen molar-refractivity contribution in [1.82, 2.24) is 9.71 Å². The number of aromatic nitrogens is 1. The van der Waals surface area contributed by atoms with E-state index in [1.807, 2.05) is 12.3 Å². The van der Waals surface area contributed by atoms with E-state index in [1.165, 1.54) is 19.3 Å². The van der Waals surface area contributed by atoms with Gasteiger partial charge in [-0.1, -0.05) is 0 Å². The van der Waals surface area contributed by atoms with Gasteiger partial charge in [0.15, 0.2) is 5.13 Å². The minimum atomic E-state index is -3.52. The van der Waals surface area contributed by atoms with Crippen molar-refractivity contribution < 1.29 is 13.2 Å². The van der Waals surface area contributed by atoms with Gasteiger partial charge in [-0.2, -0.15) is 0 Å². The van der Waals surface area contributed by atoms with Crippen LogP contribution in [0.15, 0.2) is 34.5 Å². The van der Waals surface area contributed by atoms with Crippen molar-refractivity contribution in [2.24, 2.45) is 0 Å². The Morgan fingerprint density at radius 2 is 1.92 bits per heavy atom. The molecule has 0 amide bonds. The summed E-state index contributed by atoms with van der Waals surface area (Å²) in [5.41, 5.74) is 0.935. The van der Waals surface area contributed by atoms with Crippen molar-refractivity contribution in [3.05, 3.63) is 35.3 Å². The average Bonchev–Trinajstić information content (AvgIpc) is 3.12. The molecule has 1 aromatic carbocycles. The van der Waals surface area contributed by atoms with Crippen molar-refractivity contribution in [2.45, 2.75) is 37.5 Å². The highest BCUT2D eigenvalue weighted by Crippen LogP contribution is 2.24. The van der Waals surface area contributed by atoms with E-state index in [9.17, 15) is 8.42 Å². The van der Waals surface area contributed by atoms with E-state index in [0.717, 1.165) is 23.9 Å². The molecule has 0 radical (unpaired) electrons. The molecule has 0 aliphatic carbocycles. The number of anilines is 1. The van der Waals surface area contributed by atoms with Crippen molar-refractivity contribution in [2.75, 3.05) is 31.1 Å². The molecule has 0 unspecified atom stereocenters. The molecule has 6 nitrogen and oxygen atoms in total. The van der Waals surface area contributed by atoms with Gasteiger partial charge in [-0.15, -0.1) is 11.3 Å². The van der Waals surface area contributed by atoms with E-state index in [1.54, 1.807) is 35.6 Å². The number of rotatable bonds is 8. The second-order valence-corrected chi connectivity index (χ2v) is 8.82. The second-order valence-electron chi connectivity index (χ2n) is 6.22. The lowest BCUT2D eigenvalue weighted by atomic mass is 10.1. The van der Waals surface area contributed by atoms with Crippen LogP contribution in [0.4, 0.5) is 5.13 Å². The highest BCUT2D eigenvalue weighted by atomic mass is 32.2. The Morgan fingerprint density at radius 3 is 2.62 bits per heavy atom. The maximum atomic E-state index is 12.4. The van der Waals surface area contributed by atoms with Crippen LogP contribution in [0.1, 0.15) is 31.9 Å². The molecule has 0 bridgehead atoms. The van der Waals surface area contributed by atoms with Gasteiger partial charge in [-0.25, -0.2) is 18.1 Å². The third-order valence-corrected chi connectivity index (χ3v) is 6.71. The molecule has 142 valence electrons. The lowest BCUT2D eigenvalue weighted by Gasteiger charge is -2.25. The van der Waals surface area contributed by atoms with Crippen molar-refractivity contribution in [1.29, 1.82) is 0 Å². The smallest absolute Gasteiger partial charge is 0.240 e. The van der Waals surface area contributed by atoms with Crippen molar-refractivity contribution >= 4 is 26.5 Å². The van der Waals surface area contributed by atoms with Gasteiger partial charge in [-0.05, 0) is 50.5 Å². The number of thiazole rings is 1. The molecule has 0 saturated carbocycles. The predicted molar refractivity (Wildman–Crippen MR) is 105 cm³/mol. The van der Waals surface area contributed by atoms with Crippen LogP contribution in [0.25, 0.3) is 0 Å². The van der Waals surface area contributed by atoms with Crippen LogP contribution in [0.5, 0.6) is 5.75 Å². The SMILES string of the molecule is CCOc1ccc(S(=O)(=O)NCCc2csc(N3CCCCC3)n2)cc1. The maximum Gasteiger partial charge on any atom is 0.240 e. The summed E-state index contributed by atoms with van der Waals surface area (Å²) in [6.45, 7) is 4.91. The first kappa shape index (κ1) is 19.1. The molecule has 3 rings (SSSR count). The number of nitrogens with one attached hydrogen (secondary N) is 1. The molecule has 1 aliphatic rings. The molecule has 0 spiro atoms. The summed E-state index contributed by atoms with van der Waals surface area (Å²) in [5.74, 6) is 0.666. The molecule has 26 heavy (non-hydrogen) atoms. The third kappa shape index (κ3) is 4.96. The zero-order valence-electron chi connectivity index (χ0n) is 15.0. The van der Waals surface area contributed by atoms with Crippen LogP contribution in [0.2, 0.25) is 0 Å². The first-order valence-corrected chi connectivity index (χ1v) is 11.4. The van der Waals surface area contributed by atoms with E-state index < -0.39 is 10.0 Å². The minimum absolute atomic E-state index is 0.244. The standard InChI is InChI=1S/C18H25N3O3S2/c1-2-24-16-6-8-17(9-7-16)26(22,23)19-11-10-15-14-25-18(20-15)21-12-4-3-5-13-21/h6-9,14,19H,2-5,10-13H2,1H3. The number of nitrogens with zero attached hydrogens (tertiary/aromatic N) is 2. The summed E-state index contributed by atoms with van der Waals surface area (Å²) in [7, 11) is -3.52. The fourth-order valence-corrected chi connectivity index (χ4v) is 4.87. The highest BCUT2D eigenvalue weighted by Gasteiger charge is 2.16. The van der Waals surface area contributed by atoms with Crippen LogP contribution in [-0.2, 0) is 16.4 Å². The molecule has 2 heterocycles. The molecule has 8 heteroatoms. The van der Waals surface area contributed by atoms with Gasteiger partial charge in [0.2, 0.25) is 10.0 Å². The van der Waals surface area contributed by atoms with E-state index in [2.05, 4.69) is 14.6 Å². The first-order valence-electron chi connectivity index (χ1n) is 9.00. The van der Waals surface area contributed by atoms with Gasteiger partial charge < -0.3 is 9.64 Å². The van der Waals surface area contributed by atoms with Gasteiger partial charge in [0, 0.05) is 31.4 Å². The number of benzene rings is 1. The Morgan fingerprint density at radius 1 is 1.19 bits per heavy atom. The molecule has 2 aromatic rings.